The average Bonchev–Trinajstić information content (AvgIpc) is 2.81. The van der Waals surface area contributed by atoms with Crippen LogP contribution in [-0.2, 0) is 9.53 Å². The topological polar surface area (TPSA) is 46.5 Å². The van der Waals surface area contributed by atoms with Crippen LogP contribution in [0.2, 0.25) is 0 Å². The molecule has 110 valence electrons. The van der Waals surface area contributed by atoms with Crippen LogP contribution in [0.15, 0.2) is 12.2 Å². The zero-order valence-corrected chi connectivity index (χ0v) is 12.3. The second-order valence-corrected chi connectivity index (χ2v) is 5.49. The van der Waals surface area contributed by atoms with Gasteiger partial charge in [0.2, 0.25) is 0 Å². The number of aliphatic hydroxyl groups is 1. The first-order chi connectivity index (χ1) is 9.15. The number of hydrogen-bond acceptors (Lipinski definition) is 3. The van der Waals surface area contributed by atoms with Crippen molar-refractivity contribution in [2.75, 3.05) is 0 Å². The van der Waals surface area contributed by atoms with E-state index in [0.717, 1.165) is 32.1 Å². The molecular weight excluding hydrogens is 240 g/mol. The largest absolute Gasteiger partial charge is 0.458 e. The molecule has 0 amide bonds. The fourth-order valence-corrected chi connectivity index (χ4v) is 2.49. The molecule has 0 spiro atoms. The van der Waals surface area contributed by atoms with Crippen LogP contribution in [-0.4, -0.2) is 23.3 Å². The number of ether oxygens (including phenoxy) is 1. The lowest BCUT2D eigenvalue weighted by Gasteiger charge is -2.14. The highest BCUT2D eigenvalue weighted by Gasteiger charge is 2.21. The lowest BCUT2D eigenvalue weighted by atomic mass is 10.0. The van der Waals surface area contributed by atoms with Crippen molar-refractivity contribution in [3.8, 4) is 0 Å². The first-order valence-corrected chi connectivity index (χ1v) is 7.71. The number of rotatable bonds is 8. The lowest BCUT2D eigenvalue weighted by Crippen LogP contribution is -2.15. The van der Waals surface area contributed by atoms with Crippen LogP contribution < -0.4 is 0 Å². The van der Waals surface area contributed by atoms with Gasteiger partial charge in [0, 0.05) is 6.42 Å². The minimum absolute atomic E-state index is 0.0863. The van der Waals surface area contributed by atoms with E-state index in [1.165, 1.54) is 12.8 Å². The molecule has 0 aromatic rings. The van der Waals surface area contributed by atoms with Gasteiger partial charge in [0.05, 0.1) is 6.10 Å². The Morgan fingerprint density at radius 1 is 1.37 bits per heavy atom. The first-order valence-electron chi connectivity index (χ1n) is 7.71. The molecule has 1 saturated carbocycles. The molecule has 3 atom stereocenters. The summed E-state index contributed by atoms with van der Waals surface area (Å²) in [4.78, 5) is 11.4. The molecule has 3 heteroatoms. The number of carbonyl (C=O) groups excluding carboxylic acids is 1. The SMILES string of the molecule is CCCCCC(C=CC1CCC(O)C1)OC(=O)CC. The Bertz CT molecular complexity index is 286. The van der Waals surface area contributed by atoms with Crippen LogP contribution in [0.4, 0.5) is 0 Å². The van der Waals surface area contributed by atoms with Gasteiger partial charge in [0.1, 0.15) is 6.10 Å². The van der Waals surface area contributed by atoms with Crippen LogP contribution in [0.25, 0.3) is 0 Å². The molecular formula is C16H28O3. The van der Waals surface area contributed by atoms with E-state index >= 15 is 0 Å². The highest BCUT2D eigenvalue weighted by molar-refractivity contribution is 5.69. The Morgan fingerprint density at radius 2 is 2.16 bits per heavy atom. The van der Waals surface area contributed by atoms with E-state index in [1.54, 1.807) is 0 Å². The summed E-state index contributed by atoms with van der Waals surface area (Å²) in [5.41, 5.74) is 0. The van der Waals surface area contributed by atoms with Crippen LogP contribution in [0.1, 0.15) is 65.2 Å². The highest BCUT2D eigenvalue weighted by atomic mass is 16.5. The lowest BCUT2D eigenvalue weighted by molar-refractivity contribution is -0.146. The fraction of sp³-hybridized carbons (Fsp3) is 0.812. The molecule has 0 aromatic heterocycles. The molecule has 1 fully saturated rings. The standard InChI is InChI=1S/C16H28O3/c1-3-5-6-7-15(19-16(18)4-2)11-9-13-8-10-14(17)12-13/h9,11,13-15,17H,3-8,10,12H2,1-2H3. The van der Waals surface area contributed by atoms with Crippen molar-refractivity contribution in [1.29, 1.82) is 0 Å². The third-order valence-corrected chi connectivity index (χ3v) is 3.71. The number of allylic oxidation sites excluding steroid dienone is 1. The Balaban J connectivity index is 2.42. The smallest absolute Gasteiger partial charge is 0.306 e. The van der Waals surface area contributed by atoms with E-state index in [1.807, 2.05) is 13.0 Å². The summed E-state index contributed by atoms with van der Waals surface area (Å²) in [6, 6.07) is 0. The van der Waals surface area contributed by atoms with Gasteiger partial charge in [-0.3, -0.25) is 4.79 Å². The van der Waals surface area contributed by atoms with Gasteiger partial charge in [-0.1, -0.05) is 32.8 Å². The van der Waals surface area contributed by atoms with Crippen LogP contribution in [0, 0.1) is 5.92 Å². The maximum atomic E-state index is 11.4. The van der Waals surface area contributed by atoms with Crippen molar-refractivity contribution < 1.29 is 14.6 Å². The van der Waals surface area contributed by atoms with E-state index < -0.39 is 0 Å². The van der Waals surface area contributed by atoms with Gasteiger partial charge in [0.25, 0.3) is 0 Å². The van der Waals surface area contributed by atoms with Crippen LogP contribution in [0.5, 0.6) is 0 Å². The number of aliphatic hydroxyl groups excluding tert-OH is 1. The average molecular weight is 268 g/mol. The Kier molecular flexibility index (Phi) is 7.80. The summed E-state index contributed by atoms with van der Waals surface area (Å²) in [6.45, 7) is 3.99. The number of esters is 1. The quantitative estimate of drug-likeness (QED) is 0.415. The van der Waals surface area contributed by atoms with Gasteiger partial charge in [0.15, 0.2) is 0 Å². The molecule has 0 bridgehead atoms. The van der Waals surface area contributed by atoms with E-state index in [9.17, 15) is 9.90 Å². The number of unbranched alkanes of at least 4 members (excludes halogenated alkanes) is 2. The van der Waals surface area contributed by atoms with Crippen LogP contribution in [0.3, 0.4) is 0 Å². The summed E-state index contributed by atoms with van der Waals surface area (Å²) >= 11 is 0. The van der Waals surface area contributed by atoms with Crippen molar-refractivity contribution in [3.05, 3.63) is 12.2 Å². The summed E-state index contributed by atoms with van der Waals surface area (Å²) in [5.74, 6) is 0.321. The van der Waals surface area contributed by atoms with E-state index in [2.05, 4.69) is 13.0 Å². The van der Waals surface area contributed by atoms with Crippen molar-refractivity contribution in [1.82, 2.24) is 0 Å². The zero-order chi connectivity index (χ0) is 14.1. The van der Waals surface area contributed by atoms with E-state index in [-0.39, 0.29) is 18.2 Å². The molecule has 19 heavy (non-hydrogen) atoms. The van der Waals surface area contributed by atoms with Crippen molar-refractivity contribution in [2.24, 2.45) is 5.92 Å². The molecule has 1 aliphatic rings. The molecule has 0 radical (unpaired) electrons. The Labute approximate surface area is 117 Å². The minimum Gasteiger partial charge on any atom is -0.458 e. The summed E-state index contributed by atoms with van der Waals surface area (Å²) < 4.78 is 5.44. The second kappa shape index (κ2) is 9.13. The molecule has 0 saturated heterocycles. The highest BCUT2D eigenvalue weighted by Crippen LogP contribution is 2.26. The molecule has 1 aliphatic carbocycles. The molecule has 3 nitrogen and oxygen atoms in total. The van der Waals surface area contributed by atoms with Gasteiger partial charge in [-0.25, -0.2) is 0 Å². The summed E-state index contributed by atoms with van der Waals surface area (Å²) in [5, 5.41) is 9.50. The molecule has 0 aromatic carbocycles. The summed E-state index contributed by atoms with van der Waals surface area (Å²) in [7, 11) is 0. The molecule has 1 N–H and O–H groups in total. The predicted octanol–water partition coefficient (Wildman–Crippen LogP) is 3.61. The molecule has 0 heterocycles. The van der Waals surface area contributed by atoms with Gasteiger partial charge >= 0.3 is 5.97 Å². The number of carbonyl (C=O) groups is 1. The van der Waals surface area contributed by atoms with Gasteiger partial charge < -0.3 is 9.84 Å². The molecule has 1 rings (SSSR count). The normalized spacial score (nSPS) is 24.8. The van der Waals surface area contributed by atoms with Crippen molar-refractivity contribution in [2.45, 2.75) is 77.4 Å². The predicted molar refractivity (Wildman–Crippen MR) is 76.8 cm³/mol. The molecule has 3 unspecified atom stereocenters. The number of hydrogen-bond donors (Lipinski definition) is 1. The molecule has 0 aliphatic heterocycles. The third-order valence-electron chi connectivity index (χ3n) is 3.71. The maximum absolute atomic E-state index is 11.4. The Hall–Kier alpha value is -0.830. The minimum atomic E-state index is -0.147. The first kappa shape index (κ1) is 16.2. The second-order valence-electron chi connectivity index (χ2n) is 5.49. The maximum Gasteiger partial charge on any atom is 0.306 e. The van der Waals surface area contributed by atoms with E-state index in [4.69, 9.17) is 4.74 Å². The van der Waals surface area contributed by atoms with Crippen molar-refractivity contribution >= 4 is 5.97 Å². The van der Waals surface area contributed by atoms with E-state index in [0.29, 0.717) is 12.3 Å². The summed E-state index contributed by atoms with van der Waals surface area (Å²) in [6.07, 6.45) is 11.5. The van der Waals surface area contributed by atoms with Gasteiger partial charge in [-0.15, -0.1) is 0 Å². The monoisotopic (exact) mass is 268 g/mol. The van der Waals surface area contributed by atoms with Gasteiger partial charge in [-0.05, 0) is 44.1 Å². The zero-order valence-electron chi connectivity index (χ0n) is 12.3. The fourth-order valence-electron chi connectivity index (χ4n) is 2.49. The van der Waals surface area contributed by atoms with Crippen molar-refractivity contribution in [3.63, 3.8) is 0 Å². The Morgan fingerprint density at radius 3 is 2.74 bits per heavy atom. The third kappa shape index (κ3) is 6.76. The van der Waals surface area contributed by atoms with Gasteiger partial charge in [-0.2, -0.15) is 0 Å². The van der Waals surface area contributed by atoms with Crippen LogP contribution >= 0.6 is 0 Å².